The highest BCUT2D eigenvalue weighted by Gasteiger charge is 2.33. The van der Waals surface area contributed by atoms with Crippen molar-refractivity contribution < 1.29 is 13.2 Å². The first-order valence-electron chi connectivity index (χ1n) is 5.77. The molecular formula is C10H22N2O3S. The van der Waals surface area contributed by atoms with Crippen molar-refractivity contribution in [1.29, 1.82) is 0 Å². The van der Waals surface area contributed by atoms with Gasteiger partial charge in [-0.15, -0.1) is 0 Å². The molecule has 1 rings (SSSR count). The van der Waals surface area contributed by atoms with E-state index in [1.807, 2.05) is 6.92 Å². The molecule has 1 fully saturated rings. The summed E-state index contributed by atoms with van der Waals surface area (Å²) in [5.74, 6) is 0.128. The Morgan fingerprint density at radius 3 is 2.69 bits per heavy atom. The summed E-state index contributed by atoms with van der Waals surface area (Å²) >= 11 is 0. The van der Waals surface area contributed by atoms with Crippen molar-refractivity contribution in [2.24, 2.45) is 0 Å². The fourth-order valence-electron chi connectivity index (χ4n) is 1.68. The van der Waals surface area contributed by atoms with Gasteiger partial charge in [-0.05, 0) is 26.3 Å². The third-order valence-electron chi connectivity index (χ3n) is 2.60. The minimum Gasteiger partial charge on any atom is -0.379 e. The summed E-state index contributed by atoms with van der Waals surface area (Å²) in [6, 6.07) is 0. The monoisotopic (exact) mass is 250 g/mol. The van der Waals surface area contributed by atoms with Crippen LogP contribution in [0.5, 0.6) is 0 Å². The van der Waals surface area contributed by atoms with E-state index in [-0.39, 0.29) is 5.75 Å². The molecule has 16 heavy (non-hydrogen) atoms. The van der Waals surface area contributed by atoms with Crippen molar-refractivity contribution in [1.82, 2.24) is 10.0 Å². The van der Waals surface area contributed by atoms with Crippen LogP contribution < -0.4 is 10.0 Å². The van der Waals surface area contributed by atoms with Crippen molar-refractivity contribution in [2.45, 2.75) is 32.2 Å². The number of ether oxygens (including phenoxy) is 1. The first-order chi connectivity index (χ1) is 7.47. The van der Waals surface area contributed by atoms with Crippen LogP contribution in [-0.4, -0.2) is 46.0 Å². The van der Waals surface area contributed by atoms with Gasteiger partial charge in [-0.3, -0.25) is 0 Å². The summed E-state index contributed by atoms with van der Waals surface area (Å²) in [5.41, 5.74) is -0.413. The SMILES string of the molecule is CCCNCCS(=O)(=O)NC1(C)CCOC1. The average Bonchev–Trinajstić information content (AvgIpc) is 2.58. The van der Waals surface area contributed by atoms with E-state index >= 15 is 0 Å². The fraction of sp³-hybridized carbons (Fsp3) is 1.00. The first-order valence-corrected chi connectivity index (χ1v) is 7.43. The van der Waals surface area contributed by atoms with E-state index < -0.39 is 15.6 Å². The van der Waals surface area contributed by atoms with Gasteiger partial charge in [-0.25, -0.2) is 13.1 Å². The van der Waals surface area contributed by atoms with Crippen LogP contribution in [0, 0.1) is 0 Å². The van der Waals surface area contributed by atoms with Crippen LogP contribution in [0.25, 0.3) is 0 Å². The van der Waals surface area contributed by atoms with Crippen molar-refractivity contribution in [3.8, 4) is 0 Å². The number of hydrogen-bond acceptors (Lipinski definition) is 4. The van der Waals surface area contributed by atoms with E-state index in [4.69, 9.17) is 4.74 Å². The van der Waals surface area contributed by atoms with Gasteiger partial charge in [0.15, 0.2) is 0 Å². The largest absolute Gasteiger partial charge is 0.379 e. The Kier molecular flexibility index (Phi) is 5.17. The van der Waals surface area contributed by atoms with Crippen molar-refractivity contribution in [3.05, 3.63) is 0 Å². The third-order valence-corrected chi connectivity index (χ3v) is 4.14. The smallest absolute Gasteiger partial charge is 0.213 e. The van der Waals surface area contributed by atoms with Crippen molar-refractivity contribution in [3.63, 3.8) is 0 Å². The number of rotatable bonds is 7. The summed E-state index contributed by atoms with van der Waals surface area (Å²) in [4.78, 5) is 0. The third kappa shape index (κ3) is 4.78. The normalized spacial score (nSPS) is 26.1. The Balaban J connectivity index is 2.33. The van der Waals surface area contributed by atoms with E-state index in [1.165, 1.54) is 0 Å². The predicted octanol–water partition coefficient (Wildman–Crippen LogP) is 0.0844. The van der Waals surface area contributed by atoms with Crippen LogP contribution >= 0.6 is 0 Å². The Morgan fingerprint density at radius 1 is 1.38 bits per heavy atom. The molecule has 0 aromatic rings. The summed E-state index contributed by atoms with van der Waals surface area (Å²) in [6.07, 6.45) is 1.76. The Labute approximate surface area is 98.0 Å². The Bertz CT molecular complexity index is 297. The molecule has 0 amide bonds. The highest BCUT2D eigenvalue weighted by atomic mass is 32.2. The second-order valence-corrected chi connectivity index (χ2v) is 6.38. The molecule has 1 unspecified atom stereocenters. The molecule has 1 saturated heterocycles. The molecule has 0 aromatic carbocycles. The van der Waals surface area contributed by atoms with Gasteiger partial charge >= 0.3 is 0 Å². The minimum absolute atomic E-state index is 0.128. The molecule has 0 radical (unpaired) electrons. The number of hydrogen-bond donors (Lipinski definition) is 2. The molecule has 1 heterocycles. The van der Waals surface area contributed by atoms with E-state index in [0.29, 0.717) is 19.8 Å². The van der Waals surface area contributed by atoms with Gasteiger partial charge in [0, 0.05) is 13.2 Å². The average molecular weight is 250 g/mol. The summed E-state index contributed by atoms with van der Waals surface area (Å²) in [6.45, 7) is 6.39. The highest BCUT2D eigenvalue weighted by Crippen LogP contribution is 2.18. The predicted molar refractivity (Wildman–Crippen MR) is 63.9 cm³/mol. The van der Waals surface area contributed by atoms with Crippen LogP contribution in [0.3, 0.4) is 0 Å². The molecule has 5 nitrogen and oxygen atoms in total. The van der Waals surface area contributed by atoms with Crippen LogP contribution in [0.4, 0.5) is 0 Å². The zero-order valence-electron chi connectivity index (χ0n) is 10.1. The maximum absolute atomic E-state index is 11.7. The lowest BCUT2D eigenvalue weighted by Gasteiger charge is -2.23. The zero-order valence-corrected chi connectivity index (χ0v) is 10.9. The lowest BCUT2D eigenvalue weighted by Crippen LogP contribution is -2.48. The molecule has 0 aromatic heterocycles. The molecule has 1 aliphatic heterocycles. The minimum atomic E-state index is -3.20. The second kappa shape index (κ2) is 5.95. The molecule has 1 atom stereocenters. The van der Waals surface area contributed by atoms with Crippen LogP contribution in [0.1, 0.15) is 26.7 Å². The maximum Gasteiger partial charge on any atom is 0.213 e. The van der Waals surface area contributed by atoms with Crippen molar-refractivity contribution in [2.75, 3.05) is 32.1 Å². The quantitative estimate of drug-likeness (QED) is 0.628. The van der Waals surface area contributed by atoms with E-state index in [0.717, 1.165) is 19.4 Å². The second-order valence-electron chi connectivity index (χ2n) is 4.53. The maximum atomic E-state index is 11.7. The van der Waals surface area contributed by atoms with E-state index in [1.54, 1.807) is 0 Å². The summed E-state index contributed by atoms with van der Waals surface area (Å²) in [5, 5.41) is 3.08. The van der Waals surface area contributed by atoms with E-state index in [2.05, 4.69) is 17.0 Å². The molecule has 1 aliphatic rings. The van der Waals surface area contributed by atoms with Crippen LogP contribution in [-0.2, 0) is 14.8 Å². The summed E-state index contributed by atoms with van der Waals surface area (Å²) < 4.78 is 31.4. The highest BCUT2D eigenvalue weighted by molar-refractivity contribution is 7.89. The van der Waals surface area contributed by atoms with Crippen LogP contribution in [0.2, 0.25) is 0 Å². The van der Waals surface area contributed by atoms with Gasteiger partial charge in [0.1, 0.15) is 0 Å². The summed E-state index contributed by atoms with van der Waals surface area (Å²) in [7, 11) is -3.20. The molecule has 0 spiro atoms. The first kappa shape index (κ1) is 13.9. The van der Waals surface area contributed by atoms with Crippen molar-refractivity contribution >= 4 is 10.0 Å². The standard InChI is InChI=1S/C10H22N2O3S/c1-3-5-11-6-8-16(13,14)12-10(2)4-7-15-9-10/h11-12H,3-9H2,1-2H3. The molecule has 0 bridgehead atoms. The van der Waals surface area contributed by atoms with Crippen LogP contribution in [0.15, 0.2) is 0 Å². The van der Waals surface area contributed by atoms with Gasteiger partial charge in [0.2, 0.25) is 10.0 Å². The molecule has 0 saturated carbocycles. The van der Waals surface area contributed by atoms with E-state index in [9.17, 15) is 8.42 Å². The lowest BCUT2D eigenvalue weighted by molar-refractivity contribution is 0.178. The molecule has 0 aliphatic carbocycles. The lowest BCUT2D eigenvalue weighted by atomic mass is 10.0. The number of nitrogens with one attached hydrogen (secondary N) is 2. The molecule has 96 valence electrons. The Morgan fingerprint density at radius 2 is 2.12 bits per heavy atom. The van der Waals surface area contributed by atoms with Gasteiger partial charge in [0.25, 0.3) is 0 Å². The Hall–Kier alpha value is -0.170. The van der Waals surface area contributed by atoms with Gasteiger partial charge in [-0.2, -0.15) is 0 Å². The van der Waals surface area contributed by atoms with Gasteiger partial charge < -0.3 is 10.1 Å². The molecular weight excluding hydrogens is 228 g/mol. The van der Waals surface area contributed by atoms with Gasteiger partial charge in [0.05, 0.1) is 17.9 Å². The topological polar surface area (TPSA) is 67.4 Å². The van der Waals surface area contributed by atoms with Gasteiger partial charge in [-0.1, -0.05) is 6.92 Å². The molecule has 6 heteroatoms. The zero-order chi connectivity index (χ0) is 12.1. The molecule has 2 N–H and O–H groups in total. The fourth-order valence-corrected chi connectivity index (χ4v) is 3.11. The number of sulfonamides is 1.